The molecule has 2 unspecified atom stereocenters. The van der Waals surface area contributed by atoms with E-state index in [-0.39, 0.29) is 32.0 Å². The highest BCUT2D eigenvalue weighted by atomic mass is 16.5. The predicted molar refractivity (Wildman–Crippen MR) is 108 cm³/mol. The highest BCUT2D eigenvalue weighted by molar-refractivity contribution is 5.90. The van der Waals surface area contributed by atoms with Crippen LogP contribution in [0.25, 0.3) is 0 Å². The third-order valence-corrected chi connectivity index (χ3v) is 4.06. The van der Waals surface area contributed by atoms with E-state index in [0.29, 0.717) is 6.42 Å². The minimum absolute atomic E-state index is 0.00125. The van der Waals surface area contributed by atoms with E-state index in [1.165, 1.54) is 0 Å². The van der Waals surface area contributed by atoms with Crippen molar-refractivity contribution in [1.82, 2.24) is 10.6 Å². The number of hydrogen-bond acceptors (Lipinski definition) is 6. The van der Waals surface area contributed by atoms with Gasteiger partial charge in [0.05, 0.1) is 6.61 Å². The largest absolute Gasteiger partial charge is 0.481 e. The molecule has 9 nitrogen and oxygen atoms in total. The summed E-state index contributed by atoms with van der Waals surface area (Å²) in [4.78, 5) is 47.9. The van der Waals surface area contributed by atoms with Crippen LogP contribution in [0.15, 0.2) is 30.3 Å². The fourth-order valence-corrected chi connectivity index (χ4v) is 2.64. The summed E-state index contributed by atoms with van der Waals surface area (Å²) in [6, 6.07) is 6.90. The van der Waals surface area contributed by atoms with E-state index in [0.717, 1.165) is 5.56 Å². The molecule has 0 spiro atoms. The van der Waals surface area contributed by atoms with Crippen LogP contribution in [0, 0.1) is 5.92 Å². The molecule has 9 heteroatoms. The summed E-state index contributed by atoms with van der Waals surface area (Å²) in [5.41, 5.74) is 0.762. The van der Waals surface area contributed by atoms with Crippen LogP contribution >= 0.6 is 0 Å². The first-order chi connectivity index (χ1) is 14.2. The molecule has 1 aromatic rings. The molecule has 0 fully saturated rings. The van der Waals surface area contributed by atoms with Crippen molar-refractivity contribution in [2.75, 3.05) is 6.61 Å². The smallest absolute Gasteiger partial charge is 0.408 e. The Bertz CT molecular complexity index is 707. The number of carbonyl (C=O) groups is 4. The van der Waals surface area contributed by atoms with E-state index in [4.69, 9.17) is 14.6 Å². The predicted octanol–water partition coefficient (Wildman–Crippen LogP) is 2.24. The van der Waals surface area contributed by atoms with E-state index >= 15 is 0 Å². The Morgan fingerprint density at radius 3 is 2.23 bits per heavy atom. The van der Waals surface area contributed by atoms with Gasteiger partial charge in [-0.1, -0.05) is 44.2 Å². The monoisotopic (exact) mass is 422 g/mol. The lowest BCUT2D eigenvalue weighted by molar-refractivity contribution is -0.148. The van der Waals surface area contributed by atoms with Gasteiger partial charge in [-0.05, 0) is 31.2 Å². The molecule has 0 radical (unpaired) electrons. The normalized spacial score (nSPS) is 12.5. The average molecular weight is 422 g/mol. The standard InChI is InChI=1S/C21H30N2O7/c1-4-29-20(27)17(12-14(2)3)22-19(26)16(10-11-18(24)25)23-21(28)30-13-15-8-6-5-7-9-15/h5-9,14,16-17H,4,10-13H2,1-3H3,(H,22,26)(H,23,28)(H,24,25). The van der Waals surface area contributed by atoms with E-state index in [1.807, 2.05) is 19.9 Å². The van der Waals surface area contributed by atoms with Gasteiger partial charge in [0, 0.05) is 6.42 Å². The molecule has 3 N–H and O–H groups in total. The Morgan fingerprint density at radius 2 is 1.67 bits per heavy atom. The molecular formula is C21H30N2O7. The summed E-state index contributed by atoms with van der Waals surface area (Å²) in [6.07, 6.45) is -1.01. The Morgan fingerprint density at radius 1 is 1.00 bits per heavy atom. The van der Waals surface area contributed by atoms with Crippen molar-refractivity contribution in [1.29, 1.82) is 0 Å². The van der Waals surface area contributed by atoms with Gasteiger partial charge in [0.25, 0.3) is 0 Å². The molecule has 1 rings (SSSR count). The number of esters is 1. The van der Waals surface area contributed by atoms with Gasteiger partial charge in [-0.3, -0.25) is 9.59 Å². The Hall–Kier alpha value is -3.10. The van der Waals surface area contributed by atoms with Gasteiger partial charge < -0.3 is 25.2 Å². The van der Waals surface area contributed by atoms with Crippen molar-refractivity contribution >= 4 is 23.9 Å². The van der Waals surface area contributed by atoms with Crippen LogP contribution in [-0.2, 0) is 30.5 Å². The Balaban J connectivity index is 2.77. The lowest BCUT2D eigenvalue weighted by Gasteiger charge is -2.23. The second-order valence-electron chi connectivity index (χ2n) is 7.13. The number of ether oxygens (including phenoxy) is 2. The van der Waals surface area contributed by atoms with Gasteiger partial charge >= 0.3 is 18.0 Å². The molecule has 1 aromatic carbocycles. The third kappa shape index (κ3) is 9.90. The zero-order valence-electron chi connectivity index (χ0n) is 17.6. The number of carboxylic acid groups (broad SMARTS) is 1. The van der Waals surface area contributed by atoms with Crippen molar-refractivity contribution in [3.63, 3.8) is 0 Å². The highest BCUT2D eigenvalue weighted by Crippen LogP contribution is 2.09. The maximum atomic E-state index is 12.7. The summed E-state index contributed by atoms with van der Waals surface area (Å²) >= 11 is 0. The van der Waals surface area contributed by atoms with Crippen molar-refractivity contribution in [3.05, 3.63) is 35.9 Å². The summed E-state index contributed by atoms with van der Waals surface area (Å²) in [6.45, 7) is 5.60. The molecule has 30 heavy (non-hydrogen) atoms. The number of carbonyl (C=O) groups excluding carboxylic acids is 3. The van der Waals surface area contributed by atoms with Crippen molar-refractivity contribution in [2.24, 2.45) is 5.92 Å². The number of carboxylic acids is 1. The molecule has 0 aromatic heterocycles. The molecule has 166 valence electrons. The number of aliphatic carboxylic acids is 1. The lowest BCUT2D eigenvalue weighted by atomic mass is 10.0. The second kappa shape index (κ2) is 13.2. The van der Waals surface area contributed by atoms with Crippen LogP contribution in [0.1, 0.15) is 45.6 Å². The Kier molecular flexibility index (Phi) is 11.0. The quantitative estimate of drug-likeness (QED) is 0.440. The van der Waals surface area contributed by atoms with Gasteiger partial charge in [-0.2, -0.15) is 0 Å². The van der Waals surface area contributed by atoms with Gasteiger partial charge in [0.1, 0.15) is 18.7 Å². The minimum Gasteiger partial charge on any atom is -0.481 e. The maximum absolute atomic E-state index is 12.7. The van der Waals surface area contributed by atoms with E-state index in [2.05, 4.69) is 10.6 Å². The second-order valence-corrected chi connectivity index (χ2v) is 7.13. The van der Waals surface area contributed by atoms with Crippen molar-refractivity contribution in [2.45, 2.75) is 58.7 Å². The summed E-state index contributed by atoms with van der Waals surface area (Å²) in [5.74, 6) is -2.27. The summed E-state index contributed by atoms with van der Waals surface area (Å²) in [7, 11) is 0. The number of benzene rings is 1. The van der Waals surface area contributed by atoms with Crippen LogP contribution in [0.5, 0.6) is 0 Å². The Labute approximate surface area is 176 Å². The molecule has 0 aliphatic heterocycles. The minimum atomic E-state index is -1.17. The van der Waals surface area contributed by atoms with E-state index in [9.17, 15) is 19.2 Å². The van der Waals surface area contributed by atoms with Crippen molar-refractivity contribution in [3.8, 4) is 0 Å². The first-order valence-corrected chi connectivity index (χ1v) is 9.88. The van der Waals surface area contributed by atoms with Crippen molar-refractivity contribution < 1.29 is 33.8 Å². The molecule has 0 heterocycles. The highest BCUT2D eigenvalue weighted by Gasteiger charge is 2.28. The molecule has 0 aliphatic carbocycles. The van der Waals surface area contributed by atoms with Gasteiger partial charge in [-0.25, -0.2) is 9.59 Å². The summed E-state index contributed by atoms with van der Waals surface area (Å²) < 4.78 is 10.1. The van der Waals surface area contributed by atoms with E-state index < -0.39 is 36.0 Å². The molecule has 0 saturated heterocycles. The third-order valence-electron chi connectivity index (χ3n) is 4.06. The number of rotatable bonds is 12. The molecule has 0 saturated carbocycles. The molecule has 2 atom stereocenters. The van der Waals surface area contributed by atoms with Crippen LogP contribution in [0.2, 0.25) is 0 Å². The lowest BCUT2D eigenvalue weighted by Crippen LogP contribution is -2.52. The topological polar surface area (TPSA) is 131 Å². The van der Waals surface area contributed by atoms with Crippen LogP contribution < -0.4 is 10.6 Å². The van der Waals surface area contributed by atoms with Crippen LogP contribution in [0.3, 0.4) is 0 Å². The van der Waals surface area contributed by atoms with Crippen LogP contribution in [-0.4, -0.2) is 47.7 Å². The SMILES string of the molecule is CCOC(=O)C(CC(C)C)NC(=O)C(CCC(=O)O)NC(=O)OCc1ccccc1. The van der Waals surface area contributed by atoms with Gasteiger partial charge in [-0.15, -0.1) is 0 Å². The zero-order chi connectivity index (χ0) is 22.5. The number of amides is 2. The fraction of sp³-hybridized carbons (Fsp3) is 0.524. The molecule has 0 aliphatic rings. The molecule has 0 bridgehead atoms. The number of hydrogen-bond donors (Lipinski definition) is 3. The maximum Gasteiger partial charge on any atom is 0.408 e. The number of alkyl carbamates (subject to hydrolysis) is 1. The first-order valence-electron chi connectivity index (χ1n) is 9.88. The van der Waals surface area contributed by atoms with Crippen LogP contribution in [0.4, 0.5) is 4.79 Å². The summed E-state index contributed by atoms with van der Waals surface area (Å²) in [5, 5.41) is 13.9. The molecule has 2 amide bonds. The molecular weight excluding hydrogens is 392 g/mol. The first kappa shape index (κ1) is 24.9. The number of nitrogens with one attached hydrogen (secondary N) is 2. The van der Waals surface area contributed by atoms with E-state index in [1.54, 1.807) is 31.2 Å². The van der Waals surface area contributed by atoms with Gasteiger partial charge in [0.2, 0.25) is 5.91 Å². The fourth-order valence-electron chi connectivity index (χ4n) is 2.64. The zero-order valence-corrected chi connectivity index (χ0v) is 17.6. The average Bonchev–Trinajstić information content (AvgIpc) is 2.69. The van der Waals surface area contributed by atoms with Gasteiger partial charge in [0.15, 0.2) is 0 Å².